The van der Waals surface area contributed by atoms with Crippen molar-refractivity contribution in [3.63, 3.8) is 0 Å². The third-order valence-electron chi connectivity index (χ3n) is 3.09. The van der Waals surface area contributed by atoms with E-state index in [1.54, 1.807) is 0 Å². The van der Waals surface area contributed by atoms with E-state index in [-0.39, 0.29) is 28.2 Å². The summed E-state index contributed by atoms with van der Waals surface area (Å²) in [6.45, 7) is 1.45. The largest absolute Gasteiger partial charge is 0.330 e. The van der Waals surface area contributed by atoms with Crippen molar-refractivity contribution in [3.05, 3.63) is 28.2 Å². The predicted molar refractivity (Wildman–Crippen MR) is 79.6 cm³/mol. The van der Waals surface area contributed by atoms with Gasteiger partial charge in [-0.25, -0.2) is 8.42 Å². The van der Waals surface area contributed by atoms with Gasteiger partial charge in [-0.3, -0.25) is 0 Å². The molecule has 0 aromatic heterocycles. The van der Waals surface area contributed by atoms with Crippen LogP contribution in [0.15, 0.2) is 23.1 Å². The van der Waals surface area contributed by atoms with Crippen molar-refractivity contribution >= 4 is 45.6 Å². The first-order valence-electron chi connectivity index (χ1n) is 5.60. The van der Waals surface area contributed by atoms with Crippen molar-refractivity contribution in [1.29, 1.82) is 0 Å². The minimum atomic E-state index is -3.54. The van der Waals surface area contributed by atoms with E-state index in [9.17, 15) is 8.42 Å². The molecule has 1 aromatic carbocycles. The second-order valence-corrected chi connectivity index (χ2v) is 7.08. The van der Waals surface area contributed by atoms with E-state index in [4.69, 9.17) is 28.9 Å². The summed E-state index contributed by atoms with van der Waals surface area (Å²) >= 11 is 11.7. The topological polar surface area (TPSA) is 63.4 Å². The third-order valence-corrected chi connectivity index (χ3v) is 5.68. The Morgan fingerprint density at radius 2 is 2.05 bits per heavy atom. The summed E-state index contributed by atoms with van der Waals surface area (Å²) < 4.78 is 26.2. The van der Waals surface area contributed by atoms with Crippen LogP contribution in [-0.2, 0) is 10.0 Å². The zero-order valence-corrected chi connectivity index (χ0v) is 13.2. The fourth-order valence-electron chi connectivity index (χ4n) is 2.03. The minimum Gasteiger partial charge on any atom is -0.330 e. The summed E-state index contributed by atoms with van der Waals surface area (Å²) in [6.07, 6.45) is 0.793. The van der Waals surface area contributed by atoms with Crippen LogP contribution in [0.25, 0.3) is 0 Å². The summed E-state index contributed by atoms with van der Waals surface area (Å²) in [5, 5.41) is 0.568. The monoisotopic (exact) mass is 344 g/mol. The van der Waals surface area contributed by atoms with Crippen LogP contribution in [0.2, 0.25) is 10.0 Å². The zero-order valence-electron chi connectivity index (χ0n) is 10.1. The van der Waals surface area contributed by atoms with E-state index in [0.717, 1.165) is 6.42 Å². The Hall–Kier alpha value is -0.0400. The molecule has 0 amide bonds. The highest BCUT2D eigenvalue weighted by Crippen LogP contribution is 2.30. The normalized spacial score (nSPS) is 20.3. The van der Waals surface area contributed by atoms with Gasteiger partial charge in [0.25, 0.3) is 0 Å². The fraction of sp³-hybridized carbons (Fsp3) is 0.455. The number of rotatable bonds is 3. The summed E-state index contributed by atoms with van der Waals surface area (Å²) in [5.41, 5.74) is 5.56. The lowest BCUT2D eigenvalue weighted by molar-refractivity contribution is 0.459. The smallest absolute Gasteiger partial charge is 0.244 e. The van der Waals surface area contributed by atoms with E-state index in [1.165, 1.54) is 22.5 Å². The first kappa shape index (κ1) is 17.0. The van der Waals surface area contributed by atoms with Gasteiger partial charge >= 0.3 is 0 Å². The number of hydrogen-bond donors (Lipinski definition) is 1. The molecule has 1 aromatic rings. The van der Waals surface area contributed by atoms with Gasteiger partial charge in [-0.05, 0) is 37.1 Å². The van der Waals surface area contributed by atoms with Crippen LogP contribution in [-0.4, -0.2) is 32.4 Å². The number of benzene rings is 1. The van der Waals surface area contributed by atoms with E-state index in [1.807, 2.05) is 0 Å². The number of halogens is 3. The standard InChI is InChI=1S/C11H14Cl2N2O2S.ClH/c12-9-1-2-11(10(13)5-9)18(16,17)15-4-3-8(6-14)7-15;/h1-2,5,8H,3-4,6-7,14H2;1H. The van der Waals surface area contributed by atoms with Gasteiger partial charge in [0.15, 0.2) is 0 Å². The SMILES string of the molecule is Cl.NCC1CCN(S(=O)(=O)c2ccc(Cl)cc2Cl)C1. The summed E-state index contributed by atoms with van der Waals surface area (Å²) in [4.78, 5) is 0.103. The number of nitrogens with two attached hydrogens (primary N) is 1. The van der Waals surface area contributed by atoms with Crippen LogP contribution in [0, 0.1) is 5.92 Å². The Balaban J connectivity index is 0.00000180. The lowest BCUT2D eigenvalue weighted by Crippen LogP contribution is -2.30. The van der Waals surface area contributed by atoms with Crippen LogP contribution < -0.4 is 5.73 Å². The van der Waals surface area contributed by atoms with E-state index in [2.05, 4.69) is 0 Å². The molecule has 1 aliphatic heterocycles. The number of nitrogens with zero attached hydrogens (tertiary/aromatic N) is 1. The molecule has 8 heteroatoms. The van der Waals surface area contributed by atoms with Crippen LogP contribution in [0.1, 0.15) is 6.42 Å². The average Bonchev–Trinajstić information content (AvgIpc) is 2.77. The molecule has 108 valence electrons. The fourth-order valence-corrected chi connectivity index (χ4v) is 4.31. The highest BCUT2D eigenvalue weighted by atomic mass is 35.5. The molecule has 1 atom stereocenters. The molecular formula is C11H15Cl3N2O2S. The minimum absolute atomic E-state index is 0. The zero-order chi connectivity index (χ0) is 13.3. The highest BCUT2D eigenvalue weighted by Gasteiger charge is 2.33. The maximum absolute atomic E-state index is 12.4. The molecule has 19 heavy (non-hydrogen) atoms. The number of sulfonamides is 1. The molecule has 4 nitrogen and oxygen atoms in total. The predicted octanol–water partition coefficient (Wildman–Crippen LogP) is 2.38. The van der Waals surface area contributed by atoms with Gasteiger partial charge in [0.05, 0.1) is 5.02 Å². The molecule has 1 fully saturated rings. The van der Waals surface area contributed by atoms with Crippen molar-refractivity contribution in [2.45, 2.75) is 11.3 Å². The summed E-state index contributed by atoms with van der Waals surface area (Å²) in [6, 6.07) is 4.40. The van der Waals surface area contributed by atoms with Crippen molar-refractivity contribution in [3.8, 4) is 0 Å². The lowest BCUT2D eigenvalue weighted by atomic mass is 10.1. The van der Waals surface area contributed by atoms with Crippen molar-refractivity contribution in [2.24, 2.45) is 11.7 Å². The van der Waals surface area contributed by atoms with Crippen LogP contribution >= 0.6 is 35.6 Å². The molecule has 1 aliphatic rings. The molecule has 0 spiro atoms. The van der Waals surface area contributed by atoms with Gasteiger partial charge in [-0.1, -0.05) is 23.2 Å². The number of hydrogen-bond acceptors (Lipinski definition) is 3. The maximum atomic E-state index is 12.4. The molecule has 2 N–H and O–H groups in total. The molecule has 1 unspecified atom stereocenters. The first-order valence-corrected chi connectivity index (χ1v) is 7.80. The molecular weight excluding hydrogens is 331 g/mol. The van der Waals surface area contributed by atoms with E-state index < -0.39 is 10.0 Å². The Kier molecular flexibility index (Phi) is 5.92. The summed E-state index contributed by atoms with van der Waals surface area (Å²) in [7, 11) is -3.54. The van der Waals surface area contributed by atoms with Gasteiger partial charge in [0.2, 0.25) is 10.0 Å². The van der Waals surface area contributed by atoms with Gasteiger partial charge in [-0.15, -0.1) is 12.4 Å². The quantitative estimate of drug-likeness (QED) is 0.915. The van der Waals surface area contributed by atoms with Crippen LogP contribution in [0.3, 0.4) is 0 Å². The molecule has 1 heterocycles. The molecule has 2 rings (SSSR count). The average molecular weight is 346 g/mol. The molecule has 0 radical (unpaired) electrons. The second kappa shape index (κ2) is 6.61. The Morgan fingerprint density at radius 1 is 1.37 bits per heavy atom. The highest BCUT2D eigenvalue weighted by molar-refractivity contribution is 7.89. The second-order valence-electron chi connectivity index (χ2n) is 4.33. The van der Waals surface area contributed by atoms with Crippen molar-refractivity contribution in [2.75, 3.05) is 19.6 Å². The summed E-state index contributed by atoms with van der Waals surface area (Å²) in [5.74, 6) is 0.228. The van der Waals surface area contributed by atoms with E-state index >= 15 is 0 Å². The Bertz CT molecular complexity index is 551. The van der Waals surface area contributed by atoms with Crippen molar-refractivity contribution < 1.29 is 8.42 Å². The molecule has 0 aliphatic carbocycles. The van der Waals surface area contributed by atoms with Gasteiger partial charge in [0, 0.05) is 18.1 Å². The van der Waals surface area contributed by atoms with Gasteiger partial charge in [0.1, 0.15) is 4.90 Å². The molecule has 0 saturated carbocycles. The van der Waals surface area contributed by atoms with Crippen LogP contribution in [0.5, 0.6) is 0 Å². The third kappa shape index (κ3) is 3.54. The van der Waals surface area contributed by atoms with Gasteiger partial charge < -0.3 is 5.73 Å². The molecule has 0 bridgehead atoms. The van der Waals surface area contributed by atoms with Crippen LogP contribution in [0.4, 0.5) is 0 Å². The Labute approximate surface area is 129 Å². The lowest BCUT2D eigenvalue weighted by Gasteiger charge is -2.17. The molecule has 1 saturated heterocycles. The van der Waals surface area contributed by atoms with Gasteiger partial charge in [-0.2, -0.15) is 4.31 Å². The van der Waals surface area contributed by atoms with Crippen molar-refractivity contribution in [1.82, 2.24) is 4.31 Å². The first-order chi connectivity index (χ1) is 8.45. The Morgan fingerprint density at radius 3 is 2.58 bits per heavy atom. The van der Waals surface area contributed by atoms with E-state index in [0.29, 0.717) is 24.7 Å². The maximum Gasteiger partial charge on any atom is 0.244 e.